The van der Waals surface area contributed by atoms with E-state index in [1.807, 2.05) is 0 Å². The lowest BCUT2D eigenvalue weighted by Gasteiger charge is -2.48. The fraction of sp³-hybridized carbons (Fsp3) is 0.875. The molecule has 1 rings (SSSR count). The van der Waals surface area contributed by atoms with E-state index in [2.05, 4.69) is 44.5 Å². The highest BCUT2D eigenvalue weighted by Crippen LogP contribution is 2.30. The minimum atomic E-state index is 0.224. The smallest absolute Gasteiger partial charge is 0.0458 e. The molecule has 2 atom stereocenters. The number of piperidine rings is 1. The van der Waals surface area contributed by atoms with Crippen LogP contribution in [0.5, 0.6) is 0 Å². The zero-order valence-electron chi connectivity index (χ0n) is 12.9. The van der Waals surface area contributed by atoms with E-state index >= 15 is 0 Å². The van der Waals surface area contributed by atoms with Crippen molar-refractivity contribution in [2.24, 2.45) is 0 Å². The Labute approximate surface area is 114 Å². The normalized spacial score (nSPS) is 22.4. The standard InChI is InChI=1S/C16H32N2/c1-6-11-17-15(14(3)4)16(5,7-2)18-12-9-8-10-13-18/h15,17H,3,6-13H2,1-2,4-5H3. The molecular weight excluding hydrogens is 220 g/mol. The van der Waals surface area contributed by atoms with E-state index in [0.717, 1.165) is 6.54 Å². The number of nitrogens with one attached hydrogen (secondary N) is 1. The summed E-state index contributed by atoms with van der Waals surface area (Å²) >= 11 is 0. The molecule has 1 N–H and O–H groups in total. The Morgan fingerprint density at radius 1 is 1.28 bits per heavy atom. The third-order valence-corrected chi connectivity index (χ3v) is 4.51. The van der Waals surface area contributed by atoms with Crippen molar-refractivity contribution in [1.29, 1.82) is 0 Å². The van der Waals surface area contributed by atoms with Crippen molar-refractivity contribution in [3.63, 3.8) is 0 Å². The minimum Gasteiger partial charge on any atom is -0.309 e. The molecule has 0 saturated carbocycles. The van der Waals surface area contributed by atoms with Crippen LogP contribution in [0, 0.1) is 0 Å². The molecule has 0 bridgehead atoms. The summed E-state index contributed by atoms with van der Waals surface area (Å²) < 4.78 is 0. The van der Waals surface area contributed by atoms with Gasteiger partial charge in [0.25, 0.3) is 0 Å². The fourth-order valence-electron chi connectivity index (χ4n) is 3.23. The summed E-state index contributed by atoms with van der Waals surface area (Å²) in [6, 6.07) is 0.417. The predicted octanol–water partition coefficient (Wildman–Crippen LogP) is 3.59. The van der Waals surface area contributed by atoms with Gasteiger partial charge in [-0.25, -0.2) is 0 Å². The van der Waals surface area contributed by atoms with E-state index in [1.165, 1.54) is 50.8 Å². The quantitative estimate of drug-likeness (QED) is 0.697. The van der Waals surface area contributed by atoms with Gasteiger partial charge in [-0.1, -0.05) is 32.4 Å². The van der Waals surface area contributed by atoms with E-state index < -0.39 is 0 Å². The molecule has 1 aliphatic heterocycles. The first kappa shape index (κ1) is 15.7. The number of hydrogen-bond acceptors (Lipinski definition) is 2. The maximum Gasteiger partial charge on any atom is 0.0458 e. The third-order valence-electron chi connectivity index (χ3n) is 4.51. The molecule has 0 spiro atoms. The van der Waals surface area contributed by atoms with Crippen LogP contribution in [0.4, 0.5) is 0 Å². The van der Waals surface area contributed by atoms with Gasteiger partial charge in [-0.3, -0.25) is 4.90 Å². The minimum absolute atomic E-state index is 0.224. The molecule has 18 heavy (non-hydrogen) atoms. The summed E-state index contributed by atoms with van der Waals surface area (Å²) in [5.41, 5.74) is 1.50. The molecule has 2 heteroatoms. The molecule has 106 valence electrons. The first-order valence-corrected chi connectivity index (χ1v) is 7.70. The van der Waals surface area contributed by atoms with E-state index in [4.69, 9.17) is 0 Å². The van der Waals surface area contributed by atoms with Crippen molar-refractivity contribution in [3.8, 4) is 0 Å². The van der Waals surface area contributed by atoms with Gasteiger partial charge in [0.15, 0.2) is 0 Å². The van der Waals surface area contributed by atoms with Crippen molar-refractivity contribution < 1.29 is 0 Å². The second-order valence-electron chi connectivity index (χ2n) is 5.99. The topological polar surface area (TPSA) is 15.3 Å². The molecular formula is C16H32N2. The SMILES string of the molecule is C=C(C)C(NCCC)C(C)(CC)N1CCCCC1. The summed E-state index contributed by atoms with van der Waals surface area (Å²) in [5, 5.41) is 3.72. The van der Waals surface area contributed by atoms with Gasteiger partial charge in [-0.05, 0) is 59.2 Å². The number of nitrogens with zero attached hydrogens (tertiary/aromatic N) is 1. The maximum absolute atomic E-state index is 4.23. The van der Waals surface area contributed by atoms with Crippen LogP contribution in [0.2, 0.25) is 0 Å². The molecule has 1 heterocycles. The Hall–Kier alpha value is -0.340. The van der Waals surface area contributed by atoms with Gasteiger partial charge in [-0.2, -0.15) is 0 Å². The molecule has 0 radical (unpaired) electrons. The van der Waals surface area contributed by atoms with Gasteiger partial charge < -0.3 is 5.32 Å². The van der Waals surface area contributed by atoms with E-state index in [1.54, 1.807) is 0 Å². The fourth-order valence-corrected chi connectivity index (χ4v) is 3.23. The van der Waals surface area contributed by atoms with Crippen molar-refractivity contribution in [2.45, 2.75) is 71.4 Å². The molecule has 0 aromatic rings. The van der Waals surface area contributed by atoms with Crippen molar-refractivity contribution in [1.82, 2.24) is 10.2 Å². The average Bonchev–Trinajstić information content (AvgIpc) is 2.39. The summed E-state index contributed by atoms with van der Waals surface area (Å²) in [4.78, 5) is 2.69. The van der Waals surface area contributed by atoms with E-state index in [0.29, 0.717) is 6.04 Å². The summed E-state index contributed by atoms with van der Waals surface area (Å²) in [7, 11) is 0. The zero-order valence-corrected chi connectivity index (χ0v) is 12.9. The lowest BCUT2D eigenvalue weighted by atomic mass is 9.82. The largest absolute Gasteiger partial charge is 0.309 e. The van der Waals surface area contributed by atoms with Gasteiger partial charge in [-0.15, -0.1) is 0 Å². The lowest BCUT2D eigenvalue weighted by molar-refractivity contribution is 0.0535. The predicted molar refractivity (Wildman–Crippen MR) is 81.0 cm³/mol. The molecule has 0 amide bonds. The van der Waals surface area contributed by atoms with Crippen LogP contribution in [-0.4, -0.2) is 36.1 Å². The second-order valence-corrected chi connectivity index (χ2v) is 5.99. The zero-order chi connectivity index (χ0) is 13.6. The first-order valence-electron chi connectivity index (χ1n) is 7.70. The van der Waals surface area contributed by atoms with E-state index in [9.17, 15) is 0 Å². The van der Waals surface area contributed by atoms with Crippen LogP contribution in [0.25, 0.3) is 0 Å². The molecule has 0 aromatic carbocycles. The summed E-state index contributed by atoms with van der Waals surface area (Å²) in [6.45, 7) is 17.0. The van der Waals surface area contributed by atoms with E-state index in [-0.39, 0.29) is 5.54 Å². The van der Waals surface area contributed by atoms with Gasteiger partial charge in [0, 0.05) is 11.6 Å². The van der Waals surface area contributed by atoms with Crippen molar-refractivity contribution in [2.75, 3.05) is 19.6 Å². The summed E-state index contributed by atoms with van der Waals surface area (Å²) in [6.07, 6.45) is 6.47. The number of rotatable bonds is 7. The van der Waals surface area contributed by atoms with Crippen LogP contribution in [-0.2, 0) is 0 Å². The van der Waals surface area contributed by atoms with Gasteiger partial charge in [0.2, 0.25) is 0 Å². The van der Waals surface area contributed by atoms with Gasteiger partial charge in [0.05, 0.1) is 0 Å². The van der Waals surface area contributed by atoms with Crippen molar-refractivity contribution in [3.05, 3.63) is 12.2 Å². The van der Waals surface area contributed by atoms with Gasteiger partial charge in [0.1, 0.15) is 0 Å². The van der Waals surface area contributed by atoms with Crippen LogP contribution in [0.3, 0.4) is 0 Å². The first-order chi connectivity index (χ1) is 8.56. The molecule has 0 aliphatic carbocycles. The highest BCUT2D eigenvalue weighted by molar-refractivity contribution is 5.13. The van der Waals surface area contributed by atoms with Crippen LogP contribution in [0.15, 0.2) is 12.2 Å². The second kappa shape index (κ2) is 7.30. The van der Waals surface area contributed by atoms with Crippen LogP contribution >= 0.6 is 0 Å². The Bertz CT molecular complexity index is 256. The van der Waals surface area contributed by atoms with Crippen molar-refractivity contribution >= 4 is 0 Å². The van der Waals surface area contributed by atoms with Crippen LogP contribution < -0.4 is 5.32 Å². The number of likely N-dealkylation sites (tertiary alicyclic amines) is 1. The average molecular weight is 252 g/mol. The molecule has 1 fully saturated rings. The molecule has 1 saturated heterocycles. The Morgan fingerprint density at radius 3 is 2.33 bits per heavy atom. The highest BCUT2D eigenvalue weighted by atomic mass is 15.2. The highest BCUT2D eigenvalue weighted by Gasteiger charge is 2.38. The monoisotopic (exact) mass is 252 g/mol. The Kier molecular flexibility index (Phi) is 6.37. The lowest BCUT2D eigenvalue weighted by Crippen LogP contribution is -2.60. The number of hydrogen-bond donors (Lipinski definition) is 1. The van der Waals surface area contributed by atoms with Crippen LogP contribution in [0.1, 0.15) is 59.8 Å². The van der Waals surface area contributed by atoms with Gasteiger partial charge >= 0.3 is 0 Å². The third kappa shape index (κ3) is 3.58. The Balaban J connectivity index is 2.82. The molecule has 0 aromatic heterocycles. The molecule has 1 aliphatic rings. The summed E-state index contributed by atoms with van der Waals surface area (Å²) in [5.74, 6) is 0. The molecule has 2 unspecified atom stereocenters. The molecule has 2 nitrogen and oxygen atoms in total. The maximum atomic E-state index is 4.23. The Morgan fingerprint density at radius 2 is 1.89 bits per heavy atom.